The van der Waals surface area contributed by atoms with E-state index in [0.29, 0.717) is 0 Å². The van der Waals surface area contributed by atoms with E-state index in [2.05, 4.69) is 68.6 Å². The maximum atomic E-state index is 4.74. The number of aliphatic imine (C=N–C) groups is 1. The van der Waals surface area contributed by atoms with Crippen molar-refractivity contribution >= 4 is 17.1 Å². The number of rotatable bonds is 3. The van der Waals surface area contributed by atoms with Gasteiger partial charge >= 0.3 is 0 Å². The molecule has 2 rings (SSSR count). The molecule has 0 unspecified atom stereocenters. The molecule has 0 atom stereocenters. The Kier molecular flexibility index (Phi) is 4.00. The third-order valence-electron chi connectivity index (χ3n) is 3.24. The second-order valence-corrected chi connectivity index (χ2v) is 4.81. The molecule has 0 bridgehead atoms. The van der Waals surface area contributed by atoms with Crippen LogP contribution >= 0.6 is 0 Å². The van der Waals surface area contributed by atoms with Gasteiger partial charge in [-0.15, -0.1) is 0 Å². The lowest BCUT2D eigenvalue weighted by Crippen LogP contribution is -1.95. The summed E-state index contributed by atoms with van der Waals surface area (Å²) in [6.45, 7) is 6.24. The highest BCUT2D eigenvalue weighted by Crippen LogP contribution is 2.21. The van der Waals surface area contributed by atoms with Crippen LogP contribution in [0.5, 0.6) is 0 Å². The summed E-state index contributed by atoms with van der Waals surface area (Å²) in [7, 11) is 1.92. The van der Waals surface area contributed by atoms with Gasteiger partial charge in [-0.25, -0.2) is 0 Å². The summed E-state index contributed by atoms with van der Waals surface area (Å²) in [5.74, 6) is 0. The molecule has 1 N–H and O–H groups in total. The molecule has 0 radical (unpaired) electrons. The van der Waals surface area contributed by atoms with Crippen LogP contribution in [0.1, 0.15) is 23.6 Å². The van der Waals surface area contributed by atoms with Crippen LogP contribution in [-0.2, 0) is 0 Å². The van der Waals surface area contributed by atoms with Gasteiger partial charge in [-0.3, -0.25) is 4.99 Å². The summed E-state index contributed by atoms with van der Waals surface area (Å²) in [6, 6.07) is 14.7. The minimum atomic E-state index is 1.04. The molecule has 0 fully saturated rings. The minimum absolute atomic E-state index is 1.04. The summed E-state index contributed by atoms with van der Waals surface area (Å²) >= 11 is 0. The van der Waals surface area contributed by atoms with Gasteiger partial charge in [0.05, 0.1) is 5.69 Å². The lowest BCUT2D eigenvalue weighted by molar-refractivity contribution is 1.34. The first-order valence-electron chi connectivity index (χ1n) is 6.51. The van der Waals surface area contributed by atoms with Crippen molar-refractivity contribution in [2.24, 2.45) is 4.99 Å². The normalized spacial score (nSPS) is 11.5. The summed E-state index contributed by atoms with van der Waals surface area (Å²) in [5.41, 5.74) is 6.80. The van der Waals surface area contributed by atoms with E-state index in [1.54, 1.807) is 0 Å². The first kappa shape index (κ1) is 13.3. The van der Waals surface area contributed by atoms with Crippen molar-refractivity contribution < 1.29 is 0 Å². The molecule has 0 heterocycles. The molecule has 0 aliphatic carbocycles. The van der Waals surface area contributed by atoms with Gasteiger partial charge in [-0.05, 0) is 55.7 Å². The first-order chi connectivity index (χ1) is 9.10. The number of anilines is 1. The number of hydrogen-bond donors (Lipinski definition) is 1. The monoisotopic (exact) mass is 252 g/mol. The van der Waals surface area contributed by atoms with Gasteiger partial charge in [0.15, 0.2) is 0 Å². The predicted molar refractivity (Wildman–Crippen MR) is 83.8 cm³/mol. The fourth-order valence-electron chi connectivity index (χ4n) is 1.96. The van der Waals surface area contributed by atoms with E-state index < -0.39 is 0 Å². The van der Waals surface area contributed by atoms with Crippen LogP contribution in [0.25, 0.3) is 0 Å². The zero-order chi connectivity index (χ0) is 13.8. The van der Waals surface area contributed by atoms with Crippen molar-refractivity contribution in [2.75, 3.05) is 12.4 Å². The quantitative estimate of drug-likeness (QED) is 0.800. The summed E-state index contributed by atoms with van der Waals surface area (Å²) < 4.78 is 0. The lowest BCUT2D eigenvalue weighted by atomic mass is 10.1. The molecule has 0 saturated carbocycles. The standard InChI is InChI=1S/C17H20N2/c1-12-5-6-13(2)17(11-12)19-14(3)15-7-9-16(18-4)10-8-15/h5-11,18H,1-4H3. The van der Waals surface area contributed by atoms with Crippen LogP contribution in [0.3, 0.4) is 0 Å². The molecular weight excluding hydrogens is 232 g/mol. The molecule has 0 amide bonds. The molecule has 2 aromatic rings. The van der Waals surface area contributed by atoms with Crippen molar-refractivity contribution in [3.63, 3.8) is 0 Å². The maximum absolute atomic E-state index is 4.74. The Morgan fingerprint density at radius 2 is 1.68 bits per heavy atom. The third kappa shape index (κ3) is 3.22. The molecule has 2 heteroatoms. The van der Waals surface area contributed by atoms with Crippen LogP contribution in [0.2, 0.25) is 0 Å². The fraction of sp³-hybridized carbons (Fsp3) is 0.235. The van der Waals surface area contributed by atoms with Crippen LogP contribution in [0, 0.1) is 13.8 Å². The van der Waals surface area contributed by atoms with Crippen molar-refractivity contribution in [3.8, 4) is 0 Å². The van der Waals surface area contributed by atoms with Crippen LogP contribution in [0.4, 0.5) is 11.4 Å². The largest absolute Gasteiger partial charge is 0.388 e. The lowest BCUT2D eigenvalue weighted by Gasteiger charge is -2.06. The van der Waals surface area contributed by atoms with Gasteiger partial charge in [0.2, 0.25) is 0 Å². The van der Waals surface area contributed by atoms with E-state index in [1.807, 2.05) is 7.05 Å². The third-order valence-corrected chi connectivity index (χ3v) is 3.24. The zero-order valence-electron chi connectivity index (χ0n) is 12.0. The van der Waals surface area contributed by atoms with Crippen molar-refractivity contribution in [1.29, 1.82) is 0 Å². The number of aryl methyl sites for hydroxylation is 2. The van der Waals surface area contributed by atoms with Gasteiger partial charge in [0, 0.05) is 18.4 Å². The Morgan fingerprint density at radius 3 is 2.32 bits per heavy atom. The van der Waals surface area contributed by atoms with Gasteiger partial charge in [-0.2, -0.15) is 0 Å². The molecule has 0 saturated heterocycles. The molecule has 0 aromatic heterocycles. The number of nitrogens with zero attached hydrogens (tertiary/aromatic N) is 1. The van der Waals surface area contributed by atoms with E-state index >= 15 is 0 Å². The molecule has 2 nitrogen and oxygen atoms in total. The van der Waals surface area contributed by atoms with Gasteiger partial charge in [-0.1, -0.05) is 24.3 Å². The Hall–Kier alpha value is -2.09. The summed E-state index contributed by atoms with van der Waals surface area (Å²) in [4.78, 5) is 4.74. The minimum Gasteiger partial charge on any atom is -0.388 e. The van der Waals surface area contributed by atoms with Crippen LogP contribution < -0.4 is 5.32 Å². The van der Waals surface area contributed by atoms with Crippen LogP contribution in [0.15, 0.2) is 47.5 Å². The van der Waals surface area contributed by atoms with Gasteiger partial charge in [0.1, 0.15) is 0 Å². The summed E-state index contributed by atoms with van der Waals surface area (Å²) in [5, 5.41) is 3.12. The Morgan fingerprint density at radius 1 is 1.00 bits per heavy atom. The van der Waals surface area contributed by atoms with E-state index in [0.717, 1.165) is 22.6 Å². The van der Waals surface area contributed by atoms with Gasteiger partial charge in [0.25, 0.3) is 0 Å². The Bertz CT molecular complexity index is 595. The number of benzene rings is 2. The highest BCUT2D eigenvalue weighted by Gasteiger charge is 2.01. The van der Waals surface area contributed by atoms with Crippen molar-refractivity contribution in [2.45, 2.75) is 20.8 Å². The zero-order valence-corrected chi connectivity index (χ0v) is 12.0. The SMILES string of the molecule is CNc1ccc(C(C)=Nc2cc(C)ccc2C)cc1. The Balaban J connectivity index is 2.33. The first-order valence-corrected chi connectivity index (χ1v) is 6.51. The van der Waals surface area contributed by atoms with Crippen LogP contribution in [-0.4, -0.2) is 12.8 Å². The molecule has 2 aromatic carbocycles. The summed E-state index contributed by atoms with van der Waals surface area (Å²) in [6.07, 6.45) is 0. The second kappa shape index (κ2) is 5.70. The van der Waals surface area contributed by atoms with Crippen molar-refractivity contribution in [3.05, 3.63) is 59.2 Å². The van der Waals surface area contributed by atoms with E-state index in [9.17, 15) is 0 Å². The molecule has 0 aliphatic rings. The second-order valence-electron chi connectivity index (χ2n) is 4.81. The molecular formula is C17H20N2. The number of hydrogen-bond acceptors (Lipinski definition) is 2. The van der Waals surface area contributed by atoms with E-state index in [-0.39, 0.29) is 0 Å². The van der Waals surface area contributed by atoms with Gasteiger partial charge < -0.3 is 5.32 Å². The topological polar surface area (TPSA) is 24.4 Å². The number of nitrogens with one attached hydrogen (secondary N) is 1. The average molecular weight is 252 g/mol. The fourth-order valence-corrected chi connectivity index (χ4v) is 1.96. The maximum Gasteiger partial charge on any atom is 0.0664 e. The highest BCUT2D eigenvalue weighted by atomic mass is 14.8. The van der Waals surface area contributed by atoms with E-state index in [4.69, 9.17) is 4.99 Å². The molecule has 19 heavy (non-hydrogen) atoms. The molecule has 0 aliphatic heterocycles. The highest BCUT2D eigenvalue weighted by molar-refractivity contribution is 6.00. The van der Waals surface area contributed by atoms with Crippen molar-refractivity contribution in [1.82, 2.24) is 0 Å². The van der Waals surface area contributed by atoms with E-state index in [1.165, 1.54) is 11.1 Å². The molecule has 0 spiro atoms. The predicted octanol–water partition coefficient (Wildman–Crippen LogP) is 4.49. The molecule has 98 valence electrons. The average Bonchev–Trinajstić information content (AvgIpc) is 2.43. The smallest absolute Gasteiger partial charge is 0.0664 e. The Labute approximate surface area is 115 Å².